The number of thiocarbonyl (C=S) groups is 1. The molecule has 1 saturated heterocycles. The molecule has 0 aromatic heterocycles. The second-order valence-electron chi connectivity index (χ2n) is 6.86. The Kier molecular flexibility index (Phi) is 6.97. The molecule has 2 heterocycles. The normalized spacial score (nSPS) is 19.0. The minimum Gasteiger partial charge on any atom is -0.490 e. The summed E-state index contributed by atoms with van der Waals surface area (Å²) in [6.07, 6.45) is 0.773. The van der Waals surface area contributed by atoms with Crippen molar-refractivity contribution in [1.82, 2.24) is 14.5 Å². The van der Waals surface area contributed by atoms with Crippen molar-refractivity contribution < 1.29 is 22.6 Å². The molecule has 1 atom stereocenters. The Morgan fingerprint density at radius 1 is 1.21 bits per heavy atom. The number of rotatable bonds is 5. The third kappa shape index (κ3) is 4.86. The quantitative estimate of drug-likeness (QED) is 0.696. The Morgan fingerprint density at radius 3 is 2.57 bits per heavy atom. The molecule has 1 fully saturated rings. The molecule has 2 aliphatic rings. The molecule has 0 saturated carbocycles. The summed E-state index contributed by atoms with van der Waals surface area (Å²) in [5.74, 6) is 1.07. The van der Waals surface area contributed by atoms with Gasteiger partial charge in [0, 0.05) is 51.8 Å². The predicted octanol–water partition coefficient (Wildman–Crippen LogP) is 1.06. The average molecular weight is 430 g/mol. The molecule has 1 N–H and O–H groups in total. The van der Waals surface area contributed by atoms with Crippen molar-refractivity contribution in [2.24, 2.45) is 0 Å². The minimum atomic E-state index is -3.60. The molecule has 0 bridgehead atoms. The largest absolute Gasteiger partial charge is 0.490 e. The van der Waals surface area contributed by atoms with Gasteiger partial charge in [-0.05, 0) is 31.3 Å². The Balaban J connectivity index is 1.63. The molecule has 156 valence electrons. The van der Waals surface area contributed by atoms with Crippen LogP contribution in [0.5, 0.6) is 11.5 Å². The highest BCUT2D eigenvalue weighted by Gasteiger charge is 2.30. The summed E-state index contributed by atoms with van der Waals surface area (Å²) < 4.78 is 43.9. The van der Waals surface area contributed by atoms with Crippen molar-refractivity contribution in [3.63, 3.8) is 0 Å². The van der Waals surface area contributed by atoms with Crippen molar-refractivity contribution in [3.05, 3.63) is 18.2 Å². The van der Waals surface area contributed by atoms with Gasteiger partial charge in [-0.1, -0.05) is 0 Å². The summed E-state index contributed by atoms with van der Waals surface area (Å²) in [4.78, 5) is 2.21. The van der Waals surface area contributed by atoms with Crippen LogP contribution in [0.4, 0.5) is 0 Å². The molecule has 0 aliphatic carbocycles. The fourth-order valence-electron chi connectivity index (χ4n) is 3.18. The fourth-order valence-corrected chi connectivity index (χ4v) is 5.00. The summed E-state index contributed by atoms with van der Waals surface area (Å²) in [5.41, 5.74) is 0. The molecule has 28 heavy (non-hydrogen) atoms. The summed E-state index contributed by atoms with van der Waals surface area (Å²) in [6.45, 7) is 5.44. The van der Waals surface area contributed by atoms with Crippen molar-refractivity contribution in [3.8, 4) is 11.5 Å². The topological polar surface area (TPSA) is 80.3 Å². The molecule has 0 spiro atoms. The van der Waals surface area contributed by atoms with Gasteiger partial charge in [0.25, 0.3) is 0 Å². The number of nitrogens with zero attached hydrogens (tertiary/aromatic N) is 2. The van der Waals surface area contributed by atoms with Crippen LogP contribution in [0.1, 0.15) is 13.3 Å². The number of sulfonamides is 1. The van der Waals surface area contributed by atoms with Gasteiger partial charge in [-0.3, -0.25) is 0 Å². The van der Waals surface area contributed by atoms with Crippen LogP contribution in [-0.4, -0.2) is 81.9 Å². The summed E-state index contributed by atoms with van der Waals surface area (Å²) in [6, 6.07) is 4.90. The first kappa shape index (κ1) is 21.1. The van der Waals surface area contributed by atoms with Crippen LogP contribution in [-0.2, 0) is 14.8 Å². The van der Waals surface area contributed by atoms with Crippen LogP contribution in [0.3, 0.4) is 0 Å². The lowest BCUT2D eigenvalue weighted by Crippen LogP contribution is -2.54. The van der Waals surface area contributed by atoms with Gasteiger partial charge in [-0.25, -0.2) is 8.42 Å². The Morgan fingerprint density at radius 2 is 1.89 bits per heavy atom. The van der Waals surface area contributed by atoms with E-state index in [1.807, 2.05) is 11.8 Å². The maximum absolute atomic E-state index is 13.0. The van der Waals surface area contributed by atoms with E-state index >= 15 is 0 Å². The van der Waals surface area contributed by atoms with Crippen molar-refractivity contribution >= 4 is 27.4 Å². The molecule has 3 rings (SSSR count). The number of ether oxygens (including phenoxy) is 3. The van der Waals surface area contributed by atoms with Crippen LogP contribution < -0.4 is 14.8 Å². The lowest BCUT2D eigenvalue weighted by atomic mass is 10.3. The monoisotopic (exact) mass is 429 g/mol. The Labute approximate surface area is 171 Å². The van der Waals surface area contributed by atoms with Gasteiger partial charge >= 0.3 is 0 Å². The third-order valence-electron chi connectivity index (χ3n) is 4.67. The zero-order valence-electron chi connectivity index (χ0n) is 16.2. The molecule has 8 nitrogen and oxygen atoms in total. The van der Waals surface area contributed by atoms with E-state index in [1.54, 1.807) is 25.3 Å². The number of fused-ring (bicyclic) bond motifs is 1. The number of benzene rings is 1. The van der Waals surface area contributed by atoms with Gasteiger partial charge in [0.2, 0.25) is 10.0 Å². The molecule has 2 aliphatic heterocycles. The standard InChI is InChI=1S/C18H27N3O5S2/c1-14(13-24-2)19-18(27)20-6-8-21(9-7-20)28(22,23)15-4-5-16-17(12-15)26-11-3-10-25-16/h4-5,12,14H,3,6-11,13H2,1-2H3,(H,19,27)/t14-/m1/s1. The molecule has 1 aromatic rings. The highest BCUT2D eigenvalue weighted by Crippen LogP contribution is 2.33. The van der Waals surface area contributed by atoms with E-state index in [0.717, 1.165) is 6.42 Å². The van der Waals surface area contributed by atoms with E-state index in [-0.39, 0.29) is 10.9 Å². The first-order valence-electron chi connectivity index (χ1n) is 9.36. The molecule has 0 unspecified atom stereocenters. The number of hydrogen-bond acceptors (Lipinski definition) is 6. The van der Waals surface area contributed by atoms with Gasteiger partial charge < -0.3 is 24.4 Å². The summed E-state index contributed by atoms with van der Waals surface area (Å²) in [7, 11) is -1.96. The molecule has 0 radical (unpaired) electrons. The van der Waals surface area contributed by atoms with E-state index < -0.39 is 10.0 Å². The van der Waals surface area contributed by atoms with Crippen molar-refractivity contribution in [1.29, 1.82) is 0 Å². The number of nitrogens with one attached hydrogen (secondary N) is 1. The number of methoxy groups -OCH3 is 1. The number of piperazine rings is 1. The highest BCUT2D eigenvalue weighted by molar-refractivity contribution is 7.89. The minimum absolute atomic E-state index is 0.0982. The van der Waals surface area contributed by atoms with Gasteiger partial charge in [0.05, 0.1) is 24.7 Å². The highest BCUT2D eigenvalue weighted by atomic mass is 32.2. The van der Waals surface area contributed by atoms with Crippen LogP contribution >= 0.6 is 12.2 Å². The van der Waals surface area contributed by atoms with Crippen LogP contribution in [0.15, 0.2) is 23.1 Å². The average Bonchev–Trinajstić information content (AvgIpc) is 2.93. The van der Waals surface area contributed by atoms with E-state index in [9.17, 15) is 8.42 Å². The molecule has 1 aromatic carbocycles. The summed E-state index contributed by atoms with van der Waals surface area (Å²) >= 11 is 5.43. The van der Waals surface area contributed by atoms with Gasteiger partial charge in [-0.2, -0.15) is 4.31 Å². The first-order valence-corrected chi connectivity index (χ1v) is 11.2. The van der Waals surface area contributed by atoms with Crippen molar-refractivity contribution in [2.45, 2.75) is 24.3 Å². The molecule has 10 heteroatoms. The predicted molar refractivity (Wildman–Crippen MR) is 109 cm³/mol. The summed E-state index contributed by atoms with van der Waals surface area (Å²) in [5, 5.41) is 3.83. The third-order valence-corrected chi connectivity index (χ3v) is 6.94. The Hall–Kier alpha value is -1.62. The maximum atomic E-state index is 13.0. The lowest BCUT2D eigenvalue weighted by Gasteiger charge is -2.36. The SMILES string of the molecule is COC[C@@H](C)NC(=S)N1CCN(S(=O)(=O)c2ccc3c(c2)OCCCO3)CC1. The van der Waals surface area contributed by atoms with E-state index in [1.165, 1.54) is 4.31 Å². The van der Waals surface area contributed by atoms with Gasteiger partial charge in [0.1, 0.15) is 0 Å². The fraction of sp³-hybridized carbons (Fsp3) is 0.611. The molecule has 0 amide bonds. The second-order valence-corrected chi connectivity index (χ2v) is 9.18. The van der Waals surface area contributed by atoms with E-state index in [0.29, 0.717) is 62.6 Å². The van der Waals surface area contributed by atoms with E-state index in [4.69, 9.17) is 26.4 Å². The van der Waals surface area contributed by atoms with Crippen molar-refractivity contribution in [2.75, 3.05) is 53.1 Å². The first-order chi connectivity index (χ1) is 13.4. The zero-order chi connectivity index (χ0) is 20.1. The van der Waals surface area contributed by atoms with E-state index in [2.05, 4.69) is 5.32 Å². The smallest absolute Gasteiger partial charge is 0.243 e. The zero-order valence-corrected chi connectivity index (χ0v) is 17.9. The number of hydrogen-bond donors (Lipinski definition) is 1. The molecular formula is C18H27N3O5S2. The van der Waals surface area contributed by atoms with Crippen LogP contribution in [0.2, 0.25) is 0 Å². The van der Waals surface area contributed by atoms with Crippen LogP contribution in [0, 0.1) is 0 Å². The van der Waals surface area contributed by atoms with Gasteiger partial charge in [-0.15, -0.1) is 0 Å². The second kappa shape index (κ2) is 9.25. The lowest BCUT2D eigenvalue weighted by molar-refractivity contribution is 0.176. The molecular weight excluding hydrogens is 402 g/mol. The van der Waals surface area contributed by atoms with Gasteiger partial charge in [0.15, 0.2) is 16.6 Å². The Bertz CT molecular complexity index is 794. The maximum Gasteiger partial charge on any atom is 0.243 e. The van der Waals surface area contributed by atoms with Crippen LogP contribution in [0.25, 0.3) is 0 Å².